The molecule has 3 aromatic rings. The van der Waals surface area contributed by atoms with Crippen molar-refractivity contribution in [2.24, 2.45) is 0 Å². The molecule has 0 N–H and O–H groups in total. The maximum atomic E-state index is 12.9. The second-order valence-corrected chi connectivity index (χ2v) is 5.99. The summed E-state index contributed by atoms with van der Waals surface area (Å²) >= 11 is 0. The maximum absolute atomic E-state index is 12.9. The predicted octanol–water partition coefficient (Wildman–Crippen LogP) is 2.91. The molecule has 0 atom stereocenters. The average Bonchev–Trinajstić information content (AvgIpc) is 3.02. The minimum absolute atomic E-state index is 0.0414. The number of carbonyl (C=O) groups is 1. The number of benzene rings is 2. The zero-order valence-corrected chi connectivity index (χ0v) is 13.5. The summed E-state index contributed by atoms with van der Waals surface area (Å²) in [6, 6.07) is 17.9. The molecule has 1 aliphatic rings. The first-order valence-electron chi connectivity index (χ1n) is 8.06. The molecular formula is C19H18N4O. The summed E-state index contributed by atoms with van der Waals surface area (Å²) in [5.41, 5.74) is 2.87. The normalized spacial score (nSPS) is 13.6. The van der Waals surface area contributed by atoms with Crippen molar-refractivity contribution < 1.29 is 4.79 Å². The van der Waals surface area contributed by atoms with Crippen LogP contribution in [0.15, 0.2) is 54.6 Å². The van der Waals surface area contributed by atoms with Crippen LogP contribution in [0.3, 0.4) is 0 Å². The third kappa shape index (κ3) is 2.58. The molecule has 0 saturated carbocycles. The van der Waals surface area contributed by atoms with Crippen molar-refractivity contribution in [3.05, 3.63) is 71.8 Å². The first kappa shape index (κ1) is 14.6. The third-order valence-corrected chi connectivity index (χ3v) is 4.44. The Hall–Kier alpha value is -2.95. The Labute approximate surface area is 140 Å². The molecule has 2 aromatic carbocycles. The van der Waals surface area contributed by atoms with E-state index in [4.69, 9.17) is 0 Å². The van der Waals surface area contributed by atoms with Crippen LogP contribution in [0.5, 0.6) is 0 Å². The number of aromatic nitrogens is 3. The Morgan fingerprint density at radius 2 is 1.75 bits per heavy atom. The number of hydrogen-bond acceptors (Lipinski definition) is 3. The number of aryl methyl sites for hydroxylation is 1. The lowest BCUT2D eigenvalue weighted by Crippen LogP contribution is -2.38. The van der Waals surface area contributed by atoms with Crippen molar-refractivity contribution in [1.29, 1.82) is 0 Å². The zero-order valence-electron chi connectivity index (χ0n) is 13.5. The molecule has 0 radical (unpaired) electrons. The molecule has 2 heterocycles. The lowest BCUT2D eigenvalue weighted by Gasteiger charge is -2.27. The topological polar surface area (TPSA) is 51.0 Å². The summed E-state index contributed by atoms with van der Waals surface area (Å²) in [7, 11) is 0. The van der Waals surface area contributed by atoms with Crippen LogP contribution in [0.2, 0.25) is 0 Å². The van der Waals surface area contributed by atoms with E-state index in [1.165, 1.54) is 0 Å². The Balaban J connectivity index is 1.59. The highest BCUT2D eigenvalue weighted by atomic mass is 16.2. The number of nitrogens with zero attached hydrogens (tertiary/aromatic N) is 4. The molecule has 4 rings (SSSR count). The molecule has 1 aromatic heterocycles. The summed E-state index contributed by atoms with van der Waals surface area (Å²) in [5, 5.41) is 8.26. The summed E-state index contributed by atoms with van der Waals surface area (Å²) < 4.78 is 2.07. The molecule has 0 aliphatic carbocycles. The van der Waals surface area contributed by atoms with Gasteiger partial charge in [0.25, 0.3) is 5.91 Å². The van der Waals surface area contributed by atoms with Gasteiger partial charge >= 0.3 is 0 Å². The molecular weight excluding hydrogens is 300 g/mol. The minimum Gasteiger partial charge on any atom is -0.329 e. The van der Waals surface area contributed by atoms with Gasteiger partial charge in [0.15, 0.2) is 5.82 Å². The van der Waals surface area contributed by atoms with E-state index in [9.17, 15) is 4.79 Å². The van der Waals surface area contributed by atoms with Gasteiger partial charge in [-0.15, -0.1) is 10.2 Å². The molecule has 0 saturated heterocycles. The van der Waals surface area contributed by atoms with Crippen LogP contribution >= 0.6 is 0 Å². The van der Waals surface area contributed by atoms with Gasteiger partial charge in [-0.2, -0.15) is 0 Å². The van der Waals surface area contributed by atoms with Crippen molar-refractivity contribution in [1.82, 2.24) is 19.7 Å². The Morgan fingerprint density at radius 3 is 2.58 bits per heavy atom. The van der Waals surface area contributed by atoms with Crippen LogP contribution < -0.4 is 0 Å². The van der Waals surface area contributed by atoms with Crippen LogP contribution in [0, 0.1) is 6.92 Å². The number of amides is 1. The summed E-state index contributed by atoms with van der Waals surface area (Å²) in [6.07, 6.45) is 0. The second kappa shape index (κ2) is 5.92. The fourth-order valence-electron chi connectivity index (χ4n) is 3.12. The van der Waals surface area contributed by atoms with E-state index >= 15 is 0 Å². The van der Waals surface area contributed by atoms with E-state index in [1.807, 2.05) is 54.3 Å². The molecule has 0 spiro atoms. The van der Waals surface area contributed by atoms with E-state index in [1.54, 1.807) is 0 Å². The van der Waals surface area contributed by atoms with Crippen molar-refractivity contribution in [3.8, 4) is 11.1 Å². The Bertz CT molecular complexity index is 885. The molecule has 1 aliphatic heterocycles. The van der Waals surface area contributed by atoms with Gasteiger partial charge in [0.2, 0.25) is 0 Å². The smallest absolute Gasteiger partial charge is 0.254 e. The van der Waals surface area contributed by atoms with Crippen molar-refractivity contribution >= 4 is 5.91 Å². The number of fused-ring (bicyclic) bond motifs is 1. The van der Waals surface area contributed by atoms with Gasteiger partial charge in [-0.25, -0.2) is 0 Å². The van der Waals surface area contributed by atoms with Gasteiger partial charge in [-0.05, 0) is 30.2 Å². The lowest BCUT2D eigenvalue weighted by molar-refractivity contribution is 0.0706. The molecule has 5 heteroatoms. The van der Waals surface area contributed by atoms with Crippen LogP contribution in [-0.4, -0.2) is 32.1 Å². The van der Waals surface area contributed by atoms with Crippen LogP contribution in [0.4, 0.5) is 0 Å². The van der Waals surface area contributed by atoms with Gasteiger partial charge < -0.3 is 9.47 Å². The van der Waals surface area contributed by atoms with Crippen molar-refractivity contribution in [2.45, 2.75) is 20.0 Å². The summed E-state index contributed by atoms with van der Waals surface area (Å²) in [4.78, 5) is 14.7. The number of rotatable bonds is 2. The molecule has 24 heavy (non-hydrogen) atoms. The first-order chi connectivity index (χ1) is 11.7. The highest BCUT2D eigenvalue weighted by Gasteiger charge is 2.24. The number of hydrogen-bond donors (Lipinski definition) is 0. The maximum Gasteiger partial charge on any atom is 0.254 e. The predicted molar refractivity (Wildman–Crippen MR) is 91.4 cm³/mol. The standard InChI is InChI=1S/C19H18N4O/c1-14-20-21-18-13-22(10-11-23(14)18)19(24)17-9-5-8-16(12-17)15-6-3-2-4-7-15/h2-9,12H,10-11,13H2,1H3. The largest absolute Gasteiger partial charge is 0.329 e. The van der Waals surface area contributed by atoms with Crippen molar-refractivity contribution in [3.63, 3.8) is 0 Å². The minimum atomic E-state index is 0.0414. The van der Waals surface area contributed by atoms with E-state index in [0.717, 1.165) is 29.3 Å². The Morgan fingerprint density at radius 1 is 0.958 bits per heavy atom. The fraction of sp³-hybridized carbons (Fsp3) is 0.211. The molecule has 0 fully saturated rings. The van der Waals surface area contributed by atoms with Crippen LogP contribution in [0.25, 0.3) is 11.1 Å². The van der Waals surface area contributed by atoms with Gasteiger partial charge in [-0.3, -0.25) is 4.79 Å². The quantitative estimate of drug-likeness (QED) is 0.730. The molecule has 5 nitrogen and oxygen atoms in total. The fourth-order valence-corrected chi connectivity index (χ4v) is 3.12. The van der Waals surface area contributed by atoms with E-state index in [2.05, 4.69) is 26.9 Å². The third-order valence-electron chi connectivity index (χ3n) is 4.44. The average molecular weight is 318 g/mol. The lowest BCUT2D eigenvalue weighted by atomic mass is 10.0. The Kier molecular flexibility index (Phi) is 3.61. The molecule has 1 amide bonds. The highest BCUT2D eigenvalue weighted by Crippen LogP contribution is 2.22. The van der Waals surface area contributed by atoms with E-state index in [0.29, 0.717) is 18.7 Å². The van der Waals surface area contributed by atoms with Gasteiger partial charge in [-0.1, -0.05) is 42.5 Å². The SMILES string of the molecule is Cc1nnc2n1CCN(C(=O)c1cccc(-c3ccccc3)c1)C2. The summed E-state index contributed by atoms with van der Waals surface area (Å²) in [6.45, 7) is 3.88. The van der Waals surface area contributed by atoms with Crippen LogP contribution in [-0.2, 0) is 13.1 Å². The van der Waals surface area contributed by atoms with Crippen LogP contribution in [0.1, 0.15) is 22.0 Å². The van der Waals surface area contributed by atoms with Gasteiger partial charge in [0.05, 0.1) is 6.54 Å². The summed E-state index contributed by atoms with van der Waals surface area (Å²) in [5.74, 6) is 1.80. The zero-order chi connectivity index (χ0) is 16.5. The highest BCUT2D eigenvalue weighted by molar-refractivity contribution is 5.95. The van der Waals surface area contributed by atoms with E-state index in [-0.39, 0.29) is 5.91 Å². The number of carbonyl (C=O) groups excluding carboxylic acids is 1. The molecule has 0 unspecified atom stereocenters. The van der Waals surface area contributed by atoms with Gasteiger partial charge in [0, 0.05) is 18.7 Å². The van der Waals surface area contributed by atoms with Gasteiger partial charge in [0.1, 0.15) is 5.82 Å². The van der Waals surface area contributed by atoms with E-state index < -0.39 is 0 Å². The first-order valence-corrected chi connectivity index (χ1v) is 8.06. The molecule has 120 valence electrons. The molecule has 0 bridgehead atoms. The second-order valence-electron chi connectivity index (χ2n) is 5.99. The monoisotopic (exact) mass is 318 g/mol. The van der Waals surface area contributed by atoms with Crippen molar-refractivity contribution in [2.75, 3.05) is 6.54 Å².